The molecule has 20 heteroatoms. The average molecular weight is 1070 g/mol. The summed E-state index contributed by atoms with van der Waals surface area (Å²) in [6.45, 7) is 2.80. The van der Waals surface area contributed by atoms with E-state index in [-0.39, 0.29) is 18.9 Å². The molecule has 3 aliphatic rings. The molecule has 20 nitrogen and oxygen atoms in total. The zero-order valence-corrected chi connectivity index (χ0v) is 44.9. The maximum Gasteiger partial charge on any atom is 0.220 e. The van der Waals surface area contributed by atoms with E-state index in [0.717, 1.165) is 51.9 Å². The zero-order chi connectivity index (χ0) is 54.3. The van der Waals surface area contributed by atoms with Crippen LogP contribution < -0.4 is 10.6 Å². The number of rotatable bonds is 40. The van der Waals surface area contributed by atoms with Crippen molar-refractivity contribution in [3.63, 3.8) is 0 Å². The second-order valence-electron chi connectivity index (χ2n) is 20.8. The van der Waals surface area contributed by atoms with E-state index < -0.39 is 130 Å². The van der Waals surface area contributed by atoms with E-state index in [1.54, 1.807) is 6.08 Å². The van der Waals surface area contributed by atoms with E-state index in [1.807, 2.05) is 6.08 Å². The van der Waals surface area contributed by atoms with Crippen LogP contribution in [-0.2, 0) is 38.0 Å². The number of hydrogen-bond donors (Lipinski definition) is 12. The number of nitrogens with one attached hydrogen (secondary N) is 2. The number of ether oxygens (including phenoxy) is 6. The second-order valence-corrected chi connectivity index (χ2v) is 20.8. The summed E-state index contributed by atoms with van der Waals surface area (Å²) in [6.07, 6.45) is 8.28. The lowest BCUT2D eigenvalue weighted by molar-refractivity contribution is -0.374. The number of unbranched alkanes of at least 4 members (excludes halogenated alkanes) is 23. The van der Waals surface area contributed by atoms with E-state index >= 15 is 0 Å². The van der Waals surface area contributed by atoms with Gasteiger partial charge in [-0.1, -0.05) is 167 Å². The molecule has 0 saturated carbocycles. The normalized spacial score (nSPS) is 31.4. The lowest BCUT2D eigenvalue weighted by Crippen LogP contribution is -2.68. The lowest BCUT2D eigenvalue weighted by atomic mass is 9.95. The average Bonchev–Trinajstić information content (AvgIpc) is 3.38. The van der Waals surface area contributed by atoms with Crippen molar-refractivity contribution in [2.45, 2.75) is 292 Å². The minimum absolute atomic E-state index is 0.244. The lowest BCUT2D eigenvalue weighted by Gasteiger charge is -2.48. The summed E-state index contributed by atoms with van der Waals surface area (Å²) in [5.41, 5.74) is 0. The minimum atomic E-state index is -1.99. The van der Waals surface area contributed by atoms with Crippen LogP contribution in [0.5, 0.6) is 0 Å². The van der Waals surface area contributed by atoms with Crippen LogP contribution in [0.2, 0.25) is 0 Å². The summed E-state index contributed by atoms with van der Waals surface area (Å²) in [6, 6.07) is -2.40. The van der Waals surface area contributed by atoms with Gasteiger partial charge >= 0.3 is 0 Å². The fourth-order valence-electron chi connectivity index (χ4n) is 9.89. The minimum Gasteiger partial charge on any atom is -0.394 e. The van der Waals surface area contributed by atoms with Gasteiger partial charge in [0.2, 0.25) is 11.8 Å². The summed E-state index contributed by atoms with van der Waals surface area (Å²) in [7, 11) is 0. The Labute approximate surface area is 440 Å². The summed E-state index contributed by atoms with van der Waals surface area (Å²) in [4.78, 5) is 25.2. The van der Waals surface area contributed by atoms with Crippen LogP contribution in [0.4, 0.5) is 0 Å². The molecule has 434 valence electrons. The molecule has 0 aliphatic carbocycles. The maximum absolute atomic E-state index is 13.3. The van der Waals surface area contributed by atoms with Crippen LogP contribution >= 0.6 is 0 Å². The summed E-state index contributed by atoms with van der Waals surface area (Å²) in [5, 5.41) is 113. The molecule has 0 radical (unpaired) electrons. The topological polar surface area (TPSA) is 316 Å². The first-order chi connectivity index (χ1) is 35.7. The summed E-state index contributed by atoms with van der Waals surface area (Å²) in [5.74, 6) is -0.926. The first-order valence-corrected chi connectivity index (χ1v) is 28.4. The highest BCUT2D eigenvalue weighted by Crippen LogP contribution is 2.33. The Morgan fingerprint density at radius 3 is 1.42 bits per heavy atom. The second kappa shape index (κ2) is 38.6. The van der Waals surface area contributed by atoms with E-state index in [9.17, 15) is 60.7 Å². The van der Waals surface area contributed by atoms with E-state index in [4.69, 9.17) is 28.4 Å². The molecular formula is C54H100N2O18. The highest BCUT2D eigenvalue weighted by atomic mass is 16.8. The number of amides is 2. The monoisotopic (exact) mass is 1060 g/mol. The third-order valence-electron chi connectivity index (χ3n) is 14.5. The molecule has 17 atom stereocenters. The fourth-order valence-corrected chi connectivity index (χ4v) is 9.89. The predicted molar refractivity (Wildman–Crippen MR) is 275 cm³/mol. The van der Waals surface area contributed by atoms with Crippen LogP contribution in [0.3, 0.4) is 0 Å². The van der Waals surface area contributed by atoms with E-state index in [0.29, 0.717) is 6.42 Å². The Hall–Kier alpha value is -1.96. The first kappa shape index (κ1) is 66.3. The van der Waals surface area contributed by atoms with Gasteiger partial charge in [-0.25, -0.2) is 0 Å². The van der Waals surface area contributed by atoms with Crippen molar-refractivity contribution in [1.29, 1.82) is 0 Å². The Balaban J connectivity index is 1.58. The van der Waals surface area contributed by atoms with Gasteiger partial charge in [-0.15, -0.1) is 0 Å². The summed E-state index contributed by atoms with van der Waals surface area (Å²) < 4.78 is 34.8. The van der Waals surface area contributed by atoms with Gasteiger partial charge in [-0.2, -0.15) is 0 Å². The van der Waals surface area contributed by atoms with Crippen molar-refractivity contribution in [3.05, 3.63) is 12.2 Å². The number of aliphatic hydroxyl groups excluding tert-OH is 10. The molecule has 3 saturated heterocycles. The van der Waals surface area contributed by atoms with Gasteiger partial charge in [0, 0.05) is 13.3 Å². The fraction of sp³-hybridized carbons (Fsp3) is 0.926. The zero-order valence-electron chi connectivity index (χ0n) is 44.9. The van der Waals surface area contributed by atoms with E-state index in [1.165, 1.54) is 109 Å². The number of hydrogen-bond acceptors (Lipinski definition) is 18. The third-order valence-corrected chi connectivity index (χ3v) is 14.5. The Morgan fingerprint density at radius 1 is 0.527 bits per heavy atom. The number of carbonyl (C=O) groups excluding carboxylic acids is 2. The molecule has 3 fully saturated rings. The van der Waals surface area contributed by atoms with Crippen molar-refractivity contribution in [2.24, 2.45) is 0 Å². The number of allylic oxidation sites excluding steroid dienone is 1. The van der Waals surface area contributed by atoms with Crippen LogP contribution in [0.25, 0.3) is 0 Å². The molecule has 0 aromatic rings. The van der Waals surface area contributed by atoms with Crippen molar-refractivity contribution in [1.82, 2.24) is 10.6 Å². The van der Waals surface area contributed by atoms with Gasteiger partial charge in [0.1, 0.15) is 73.2 Å². The van der Waals surface area contributed by atoms with Crippen LogP contribution in [0.1, 0.15) is 188 Å². The van der Waals surface area contributed by atoms with Crippen LogP contribution in [0, 0.1) is 0 Å². The Morgan fingerprint density at radius 2 is 0.946 bits per heavy atom. The highest BCUT2D eigenvalue weighted by Gasteiger charge is 2.54. The molecular weight excluding hydrogens is 965 g/mol. The van der Waals surface area contributed by atoms with Crippen LogP contribution in [-0.4, -0.2) is 194 Å². The molecule has 3 heterocycles. The molecule has 17 unspecified atom stereocenters. The van der Waals surface area contributed by atoms with Crippen LogP contribution in [0.15, 0.2) is 12.2 Å². The molecule has 12 N–H and O–H groups in total. The quantitative estimate of drug-likeness (QED) is 0.0310. The van der Waals surface area contributed by atoms with Gasteiger partial charge < -0.3 is 90.1 Å². The number of aliphatic hydroxyl groups is 10. The Bertz CT molecular complexity index is 1480. The molecule has 0 bridgehead atoms. The standard InChI is InChI=1S/C54H100N2O18/c1-4-6-8-10-12-14-16-18-20-22-24-26-28-30-38(61)37(56-42(62)31-29-27-25-23-21-19-17-15-13-11-9-7-5-2)35-69-53-48(67)46(65)51(40(33-58)71-53)74-54-49(68)47(66)50(41(34-59)72-54)73-52-43(55-36(3)60)45(64)44(63)39(32-57)70-52/h28,30,37-41,43-54,57-59,61,63-68H,4-27,29,31-35H2,1-3H3,(H,55,60)(H,56,62). The van der Waals surface area contributed by atoms with Gasteiger partial charge in [0.05, 0.1) is 38.6 Å². The highest BCUT2D eigenvalue weighted by molar-refractivity contribution is 5.76. The van der Waals surface area contributed by atoms with Gasteiger partial charge in [-0.05, 0) is 19.3 Å². The van der Waals surface area contributed by atoms with Crippen molar-refractivity contribution in [3.8, 4) is 0 Å². The van der Waals surface area contributed by atoms with Gasteiger partial charge in [-0.3, -0.25) is 9.59 Å². The first-order valence-electron chi connectivity index (χ1n) is 28.4. The molecule has 0 aromatic carbocycles. The molecule has 74 heavy (non-hydrogen) atoms. The number of carbonyl (C=O) groups is 2. The van der Waals surface area contributed by atoms with Gasteiger partial charge in [0.25, 0.3) is 0 Å². The van der Waals surface area contributed by atoms with Crippen molar-refractivity contribution < 1.29 is 89.1 Å². The van der Waals surface area contributed by atoms with Crippen molar-refractivity contribution in [2.75, 3.05) is 26.4 Å². The largest absolute Gasteiger partial charge is 0.394 e. The summed E-state index contributed by atoms with van der Waals surface area (Å²) >= 11 is 0. The van der Waals surface area contributed by atoms with Gasteiger partial charge in [0.15, 0.2) is 18.9 Å². The Kier molecular flexibility index (Phi) is 34.6. The van der Waals surface area contributed by atoms with E-state index in [2.05, 4.69) is 24.5 Å². The van der Waals surface area contributed by atoms with Crippen molar-refractivity contribution >= 4 is 11.8 Å². The third kappa shape index (κ3) is 23.6. The predicted octanol–water partition coefficient (Wildman–Crippen LogP) is 3.18. The molecule has 3 rings (SSSR count). The molecule has 2 amide bonds. The maximum atomic E-state index is 13.3. The molecule has 0 aromatic heterocycles. The molecule has 3 aliphatic heterocycles. The molecule has 0 spiro atoms. The SMILES string of the molecule is CCCCCCCCCCCCCC=CC(O)C(COC1OC(CO)C(OC2OC(CO)C(OC3OC(CO)C(O)C(O)C3NC(C)=O)C(O)C2O)C(O)C1O)NC(=O)CCCCCCCCCCCCCCC. The smallest absolute Gasteiger partial charge is 0.220 e.